The molecule has 0 aliphatic rings. The van der Waals surface area contributed by atoms with E-state index in [0.29, 0.717) is 34.7 Å². The molecule has 0 saturated carbocycles. The summed E-state index contributed by atoms with van der Waals surface area (Å²) in [5.41, 5.74) is 4.08. The Bertz CT molecular complexity index is 1540. The number of halogens is 1. The Kier molecular flexibility index (Phi) is 7.69. The van der Waals surface area contributed by atoms with Crippen molar-refractivity contribution in [3.63, 3.8) is 0 Å². The fourth-order valence-corrected chi connectivity index (χ4v) is 3.93. The van der Waals surface area contributed by atoms with E-state index in [1.54, 1.807) is 65.5 Å². The van der Waals surface area contributed by atoms with Gasteiger partial charge in [-0.1, -0.05) is 41.9 Å². The quantitative estimate of drug-likeness (QED) is 0.357. The molecule has 0 spiro atoms. The van der Waals surface area contributed by atoms with E-state index in [1.165, 1.54) is 12.3 Å². The summed E-state index contributed by atoms with van der Waals surface area (Å²) in [7, 11) is 0. The molecule has 2 N–H and O–H groups in total. The molecule has 4 aromatic rings. The molecule has 2 aromatic carbocycles. The predicted octanol–water partition coefficient (Wildman–Crippen LogP) is 4.21. The Morgan fingerprint density at radius 3 is 2.67 bits per heavy atom. The molecule has 36 heavy (non-hydrogen) atoms. The maximum atomic E-state index is 12.7. The van der Waals surface area contributed by atoms with Gasteiger partial charge in [0, 0.05) is 29.7 Å². The molecule has 2 heterocycles. The van der Waals surface area contributed by atoms with Gasteiger partial charge in [-0.05, 0) is 59.0 Å². The number of nitriles is 1. The van der Waals surface area contributed by atoms with E-state index in [4.69, 9.17) is 17.0 Å². The normalized spacial score (nSPS) is 10.4. The van der Waals surface area contributed by atoms with Gasteiger partial charge in [0.05, 0.1) is 36.0 Å². The van der Waals surface area contributed by atoms with E-state index in [1.807, 2.05) is 12.1 Å². The van der Waals surface area contributed by atoms with Crippen molar-refractivity contribution in [2.45, 2.75) is 13.0 Å². The lowest BCUT2D eigenvalue weighted by molar-refractivity contribution is 0.0959. The van der Waals surface area contributed by atoms with Crippen molar-refractivity contribution in [1.29, 1.82) is 10.7 Å². The van der Waals surface area contributed by atoms with Gasteiger partial charge < -0.3 is 15.3 Å². The van der Waals surface area contributed by atoms with Crippen LogP contribution in [-0.2, 0) is 13.0 Å². The van der Waals surface area contributed by atoms with Crippen LogP contribution in [-0.4, -0.2) is 27.7 Å². The van der Waals surface area contributed by atoms with Crippen LogP contribution in [0.3, 0.4) is 0 Å². The molecular weight excluding hydrogens is 474 g/mol. The molecule has 0 aliphatic heterocycles. The highest BCUT2D eigenvalue weighted by Crippen LogP contribution is 2.17. The first kappa shape index (κ1) is 24.6. The van der Waals surface area contributed by atoms with Gasteiger partial charge in [-0.2, -0.15) is 5.26 Å². The second-order valence-corrected chi connectivity index (χ2v) is 8.64. The minimum atomic E-state index is -0.336. The zero-order chi connectivity index (χ0) is 25.5. The molecule has 7 nitrogen and oxygen atoms in total. The van der Waals surface area contributed by atoms with Crippen LogP contribution in [0.4, 0.5) is 0 Å². The number of carbonyl (C=O) groups is 1. The maximum Gasteiger partial charge on any atom is 0.253 e. The zero-order valence-corrected chi connectivity index (χ0v) is 20.0. The van der Waals surface area contributed by atoms with Crippen LogP contribution < -0.4 is 10.9 Å². The van der Waals surface area contributed by atoms with Crippen LogP contribution in [0.25, 0.3) is 0 Å². The minimum absolute atomic E-state index is 0.0564. The number of aromatic nitrogens is 2. The lowest BCUT2D eigenvalue weighted by atomic mass is 9.99. The van der Waals surface area contributed by atoms with Gasteiger partial charge in [-0.25, -0.2) is 0 Å². The van der Waals surface area contributed by atoms with E-state index in [0.717, 1.165) is 16.7 Å². The van der Waals surface area contributed by atoms with Crippen molar-refractivity contribution in [3.8, 4) is 6.07 Å². The first-order chi connectivity index (χ1) is 17.4. The van der Waals surface area contributed by atoms with Crippen LogP contribution in [0.2, 0.25) is 5.02 Å². The van der Waals surface area contributed by atoms with E-state index in [2.05, 4.69) is 16.4 Å². The molecule has 0 bridgehead atoms. The third-order valence-electron chi connectivity index (χ3n) is 5.60. The first-order valence-corrected chi connectivity index (χ1v) is 11.5. The number of benzene rings is 2. The topological polar surface area (TPSA) is 112 Å². The summed E-state index contributed by atoms with van der Waals surface area (Å²) in [6, 6.07) is 21.4. The number of hydrogen-bond acceptors (Lipinski definition) is 5. The monoisotopic (exact) mass is 495 g/mol. The fourth-order valence-electron chi connectivity index (χ4n) is 3.74. The summed E-state index contributed by atoms with van der Waals surface area (Å²) in [5.74, 6) is -0.336. The van der Waals surface area contributed by atoms with Crippen LogP contribution in [0, 0.1) is 16.7 Å². The molecule has 4 rings (SSSR count). The van der Waals surface area contributed by atoms with Crippen molar-refractivity contribution < 1.29 is 4.79 Å². The molecule has 0 atom stereocenters. The van der Waals surface area contributed by atoms with Gasteiger partial charge in [-0.15, -0.1) is 0 Å². The van der Waals surface area contributed by atoms with Crippen LogP contribution >= 0.6 is 11.6 Å². The summed E-state index contributed by atoms with van der Waals surface area (Å²) in [6.07, 6.45) is 5.32. The summed E-state index contributed by atoms with van der Waals surface area (Å²) < 4.78 is 1.55. The number of rotatable bonds is 8. The molecule has 2 aromatic heterocycles. The molecule has 0 saturated heterocycles. The smallest absolute Gasteiger partial charge is 0.253 e. The average molecular weight is 496 g/mol. The standard InChI is InChI=1S/C28H22ClN5O2/c29-25-5-3-4-21(13-25)26(31)17-33-28(36)24-12-20(15-32-16-24)10-19-7-8-22(23(11-19)14-30)18-34-9-2-1-6-27(34)35/h1-9,11-13,15-16,31H,10,17-18H2,(H,33,36). The molecular formula is C28H22ClN5O2. The largest absolute Gasteiger partial charge is 0.346 e. The van der Waals surface area contributed by atoms with Crippen LogP contribution in [0.1, 0.15) is 38.2 Å². The van der Waals surface area contributed by atoms with Crippen molar-refractivity contribution >= 4 is 23.2 Å². The van der Waals surface area contributed by atoms with Gasteiger partial charge in [0.2, 0.25) is 0 Å². The van der Waals surface area contributed by atoms with E-state index >= 15 is 0 Å². The molecule has 0 aliphatic carbocycles. The van der Waals surface area contributed by atoms with E-state index in [9.17, 15) is 14.9 Å². The number of carbonyl (C=O) groups excluding carboxylic acids is 1. The second kappa shape index (κ2) is 11.3. The van der Waals surface area contributed by atoms with Crippen molar-refractivity contribution in [2.75, 3.05) is 6.54 Å². The molecule has 1 amide bonds. The van der Waals surface area contributed by atoms with E-state index < -0.39 is 0 Å². The molecule has 0 radical (unpaired) electrons. The van der Waals surface area contributed by atoms with Gasteiger partial charge in [0.15, 0.2) is 0 Å². The lowest BCUT2D eigenvalue weighted by Gasteiger charge is -2.10. The number of nitrogens with zero attached hydrogens (tertiary/aromatic N) is 3. The Balaban J connectivity index is 1.43. The van der Waals surface area contributed by atoms with Gasteiger partial charge in [0.1, 0.15) is 0 Å². The van der Waals surface area contributed by atoms with Crippen LogP contribution in [0.5, 0.6) is 0 Å². The van der Waals surface area contributed by atoms with Gasteiger partial charge in [-0.3, -0.25) is 14.6 Å². The third kappa shape index (κ3) is 6.12. The zero-order valence-electron chi connectivity index (χ0n) is 19.2. The second-order valence-electron chi connectivity index (χ2n) is 8.20. The Labute approximate surface area is 213 Å². The third-order valence-corrected chi connectivity index (χ3v) is 5.83. The van der Waals surface area contributed by atoms with Gasteiger partial charge >= 0.3 is 0 Å². The predicted molar refractivity (Wildman–Crippen MR) is 139 cm³/mol. The average Bonchev–Trinajstić information content (AvgIpc) is 2.89. The van der Waals surface area contributed by atoms with Crippen molar-refractivity contribution in [2.24, 2.45) is 0 Å². The minimum Gasteiger partial charge on any atom is -0.346 e. The highest BCUT2D eigenvalue weighted by molar-refractivity contribution is 6.31. The summed E-state index contributed by atoms with van der Waals surface area (Å²) in [6.45, 7) is 0.366. The number of hydrogen-bond donors (Lipinski definition) is 2. The summed E-state index contributed by atoms with van der Waals surface area (Å²) >= 11 is 5.98. The van der Waals surface area contributed by atoms with Gasteiger partial charge in [0.25, 0.3) is 11.5 Å². The maximum absolute atomic E-state index is 12.7. The number of pyridine rings is 2. The highest BCUT2D eigenvalue weighted by atomic mass is 35.5. The first-order valence-electron chi connectivity index (χ1n) is 11.2. The summed E-state index contributed by atoms with van der Waals surface area (Å²) in [5, 5.41) is 21.1. The Hall–Kier alpha value is -4.54. The highest BCUT2D eigenvalue weighted by Gasteiger charge is 2.11. The Morgan fingerprint density at radius 2 is 1.89 bits per heavy atom. The SMILES string of the molecule is N#Cc1cc(Cc2cncc(C(=O)NCC(=N)c3cccc(Cl)c3)c2)ccc1Cn1ccccc1=O. The molecule has 0 unspecified atom stereocenters. The fraction of sp³-hybridized carbons (Fsp3) is 0.107. The lowest BCUT2D eigenvalue weighted by Crippen LogP contribution is -2.29. The number of amides is 1. The molecule has 0 fully saturated rings. The summed E-state index contributed by atoms with van der Waals surface area (Å²) in [4.78, 5) is 28.9. The van der Waals surface area contributed by atoms with Crippen LogP contribution in [0.15, 0.2) is 90.1 Å². The Morgan fingerprint density at radius 1 is 1.03 bits per heavy atom. The van der Waals surface area contributed by atoms with Crippen molar-refractivity contribution in [3.05, 3.63) is 134 Å². The van der Waals surface area contributed by atoms with Crippen molar-refractivity contribution in [1.82, 2.24) is 14.9 Å². The van der Waals surface area contributed by atoms with E-state index in [-0.39, 0.29) is 23.7 Å². The molecule has 178 valence electrons. The number of nitrogens with one attached hydrogen (secondary N) is 2. The molecule has 8 heteroatoms.